The summed E-state index contributed by atoms with van der Waals surface area (Å²) in [7, 11) is 3.75. The van der Waals surface area contributed by atoms with E-state index in [1.807, 2.05) is 45.8 Å². The zero-order valence-corrected chi connectivity index (χ0v) is 18.7. The number of piperidine rings is 1. The van der Waals surface area contributed by atoms with Gasteiger partial charge in [0.2, 0.25) is 0 Å². The summed E-state index contributed by atoms with van der Waals surface area (Å²) < 4.78 is 1.77. The summed E-state index contributed by atoms with van der Waals surface area (Å²) in [6.07, 6.45) is 6.93. The van der Waals surface area contributed by atoms with Gasteiger partial charge in [-0.05, 0) is 39.7 Å². The van der Waals surface area contributed by atoms with Crippen LogP contribution in [0, 0.1) is 0 Å². The number of carbonyl (C=O) groups is 1. The SMILES string of the molecule is CN(C(=O)NC(C)(C)C)C1CCN(c2nnc(-c3ccnn3C)c3cnncc23)CC1. The largest absolute Gasteiger partial charge is 0.354 e. The molecule has 1 aliphatic rings. The average molecular weight is 424 g/mol. The Labute approximate surface area is 181 Å². The highest BCUT2D eigenvalue weighted by Crippen LogP contribution is 2.31. The molecule has 164 valence electrons. The molecular weight excluding hydrogens is 394 g/mol. The number of hydrogen-bond acceptors (Lipinski definition) is 7. The predicted octanol–water partition coefficient (Wildman–Crippen LogP) is 2.23. The third kappa shape index (κ3) is 4.28. The quantitative estimate of drug-likeness (QED) is 0.689. The second kappa shape index (κ2) is 8.09. The number of hydrogen-bond donors (Lipinski definition) is 1. The van der Waals surface area contributed by atoms with Gasteiger partial charge in [-0.2, -0.15) is 15.3 Å². The summed E-state index contributed by atoms with van der Waals surface area (Å²) in [6.45, 7) is 7.54. The molecule has 2 amide bonds. The molecule has 0 aromatic carbocycles. The molecule has 10 nitrogen and oxygen atoms in total. The summed E-state index contributed by atoms with van der Waals surface area (Å²) in [5, 5.41) is 26.3. The molecule has 1 fully saturated rings. The first-order chi connectivity index (χ1) is 14.7. The van der Waals surface area contributed by atoms with Crippen molar-refractivity contribution in [1.29, 1.82) is 0 Å². The topological polar surface area (TPSA) is 105 Å². The van der Waals surface area contributed by atoms with E-state index in [2.05, 4.69) is 35.7 Å². The van der Waals surface area contributed by atoms with Gasteiger partial charge < -0.3 is 15.1 Å². The zero-order chi connectivity index (χ0) is 22.2. The van der Waals surface area contributed by atoms with Crippen molar-refractivity contribution in [3.8, 4) is 11.4 Å². The van der Waals surface area contributed by atoms with Gasteiger partial charge in [-0.1, -0.05) is 0 Å². The summed E-state index contributed by atoms with van der Waals surface area (Å²) in [4.78, 5) is 16.6. The number of nitrogens with one attached hydrogen (secondary N) is 1. The van der Waals surface area contributed by atoms with Crippen LogP contribution in [0.4, 0.5) is 10.6 Å². The number of aryl methyl sites for hydroxylation is 1. The molecular formula is C21H29N9O. The van der Waals surface area contributed by atoms with Crippen molar-refractivity contribution in [1.82, 2.24) is 40.4 Å². The van der Waals surface area contributed by atoms with Crippen LogP contribution in [-0.4, -0.2) is 72.8 Å². The van der Waals surface area contributed by atoms with Gasteiger partial charge in [0.05, 0.1) is 23.5 Å². The second-order valence-electron chi connectivity index (χ2n) is 9.04. The molecule has 1 saturated heterocycles. The van der Waals surface area contributed by atoms with Crippen LogP contribution in [0.15, 0.2) is 24.7 Å². The van der Waals surface area contributed by atoms with E-state index in [-0.39, 0.29) is 17.6 Å². The molecule has 0 aliphatic carbocycles. The zero-order valence-electron chi connectivity index (χ0n) is 18.7. The first kappa shape index (κ1) is 21.0. The molecule has 1 N–H and O–H groups in total. The Morgan fingerprint density at radius 2 is 1.81 bits per heavy atom. The van der Waals surface area contributed by atoms with Crippen LogP contribution in [0.5, 0.6) is 0 Å². The van der Waals surface area contributed by atoms with Crippen molar-refractivity contribution in [2.45, 2.75) is 45.2 Å². The van der Waals surface area contributed by atoms with Crippen molar-refractivity contribution in [3.05, 3.63) is 24.7 Å². The minimum Gasteiger partial charge on any atom is -0.354 e. The van der Waals surface area contributed by atoms with E-state index in [4.69, 9.17) is 0 Å². The maximum atomic E-state index is 12.5. The second-order valence-corrected chi connectivity index (χ2v) is 9.04. The Kier molecular flexibility index (Phi) is 5.47. The van der Waals surface area contributed by atoms with Crippen molar-refractivity contribution in [2.75, 3.05) is 25.0 Å². The molecule has 0 unspecified atom stereocenters. The minimum absolute atomic E-state index is 0.0352. The van der Waals surface area contributed by atoms with Crippen molar-refractivity contribution >= 4 is 22.6 Å². The summed E-state index contributed by atoms with van der Waals surface area (Å²) in [6, 6.07) is 2.06. The summed E-state index contributed by atoms with van der Waals surface area (Å²) >= 11 is 0. The van der Waals surface area contributed by atoms with E-state index < -0.39 is 0 Å². The van der Waals surface area contributed by atoms with Gasteiger partial charge in [0.15, 0.2) is 5.82 Å². The minimum atomic E-state index is -0.253. The lowest BCUT2D eigenvalue weighted by Crippen LogP contribution is -2.53. The lowest BCUT2D eigenvalue weighted by Gasteiger charge is -2.38. The first-order valence-corrected chi connectivity index (χ1v) is 10.5. The predicted molar refractivity (Wildman–Crippen MR) is 119 cm³/mol. The van der Waals surface area contributed by atoms with Crippen LogP contribution in [0.1, 0.15) is 33.6 Å². The number of rotatable bonds is 3. The molecule has 3 aromatic rings. The van der Waals surface area contributed by atoms with E-state index in [1.54, 1.807) is 23.3 Å². The number of anilines is 1. The van der Waals surface area contributed by atoms with E-state index in [9.17, 15) is 4.79 Å². The van der Waals surface area contributed by atoms with Gasteiger partial charge in [-0.15, -0.1) is 10.2 Å². The maximum Gasteiger partial charge on any atom is 0.317 e. The first-order valence-electron chi connectivity index (χ1n) is 10.5. The van der Waals surface area contributed by atoms with Crippen LogP contribution in [0.3, 0.4) is 0 Å². The van der Waals surface area contributed by atoms with E-state index in [0.717, 1.165) is 53.9 Å². The highest BCUT2D eigenvalue weighted by atomic mass is 16.2. The molecule has 1 aliphatic heterocycles. The summed E-state index contributed by atoms with van der Waals surface area (Å²) in [5.74, 6) is 0.802. The molecule has 10 heteroatoms. The van der Waals surface area contributed by atoms with Gasteiger partial charge >= 0.3 is 6.03 Å². The Bertz CT molecular complexity index is 1080. The molecule has 0 bridgehead atoms. The molecule has 4 rings (SSSR count). The lowest BCUT2D eigenvalue weighted by molar-refractivity contribution is 0.171. The number of nitrogens with zero attached hydrogens (tertiary/aromatic N) is 8. The van der Waals surface area contributed by atoms with Gasteiger partial charge in [0, 0.05) is 50.3 Å². The lowest BCUT2D eigenvalue weighted by atomic mass is 10.0. The van der Waals surface area contributed by atoms with Crippen molar-refractivity contribution in [2.24, 2.45) is 7.05 Å². The third-order valence-electron chi connectivity index (χ3n) is 5.65. The van der Waals surface area contributed by atoms with Crippen LogP contribution >= 0.6 is 0 Å². The number of aromatic nitrogens is 6. The number of carbonyl (C=O) groups excluding carboxylic acids is 1. The monoisotopic (exact) mass is 423 g/mol. The highest BCUT2D eigenvalue weighted by Gasteiger charge is 2.29. The molecule has 4 heterocycles. The standard InChI is InChI=1S/C21H29N9O/c1-21(2,3)25-20(31)28(4)14-7-10-30(11-8-14)19-16-13-23-22-12-15(16)18(26-27-19)17-6-9-24-29(17)5/h6,9,12-14H,7-8,10-11H2,1-5H3,(H,25,31). The van der Waals surface area contributed by atoms with E-state index in [0.29, 0.717) is 0 Å². The van der Waals surface area contributed by atoms with Crippen LogP contribution in [-0.2, 0) is 7.05 Å². The Hall–Kier alpha value is -3.30. The van der Waals surface area contributed by atoms with Crippen molar-refractivity contribution in [3.63, 3.8) is 0 Å². The number of amides is 2. The van der Waals surface area contributed by atoms with E-state index in [1.165, 1.54) is 0 Å². The van der Waals surface area contributed by atoms with E-state index >= 15 is 0 Å². The average Bonchev–Trinajstić information content (AvgIpc) is 3.17. The fourth-order valence-corrected chi connectivity index (χ4v) is 3.96. The van der Waals surface area contributed by atoms with Gasteiger partial charge in [0.1, 0.15) is 5.69 Å². The van der Waals surface area contributed by atoms with Gasteiger partial charge in [0.25, 0.3) is 0 Å². The molecule has 0 atom stereocenters. The third-order valence-corrected chi connectivity index (χ3v) is 5.65. The smallest absolute Gasteiger partial charge is 0.317 e. The fraction of sp³-hybridized carbons (Fsp3) is 0.524. The highest BCUT2D eigenvalue weighted by molar-refractivity contribution is 5.98. The summed E-state index contributed by atoms with van der Waals surface area (Å²) in [5.41, 5.74) is 1.36. The molecule has 0 spiro atoms. The molecule has 31 heavy (non-hydrogen) atoms. The van der Waals surface area contributed by atoms with Crippen LogP contribution in [0.2, 0.25) is 0 Å². The Morgan fingerprint density at radius 1 is 1.13 bits per heavy atom. The van der Waals surface area contributed by atoms with Crippen LogP contribution in [0.25, 0.3) is 22.2 Å². The Balaban J connectivity index is 1.54. The van der Waals surface area contributed by atoms with Crippen molar-refractivity contribution < 1.29 is 4.79 Å². The molecule has 0 saturated carbocycles. The fourth-order valence-electron chi connectivity index (χ4n) is 3.96. The van der Waals surface area contributed by atoms with Crippen LogP contribution < -0.4 is 10.2 Å². The Morgan fingerprint density at radius 3 is 2.42 bits per heavy atom. The molecule has 0 radical (unpaired) electrons. The van der Waals surface area contributed by atoms with Gasteiger partial charge in [-0.3, -0.25) is 4.68 Å². The van der Waals surface area contributed by atoms with Gasteiger partial charge in [-0.25, -0.2) is 4.79 Å². The molecule has 3 aromatic heterocycles. The number of fused-ring (bicyclic) bond motifs is 1. The number of urea groups is 1. The normalized spacial score (nSPS) is 15.3. The maximum absolute atomic E-state index is 12.5.